The average Bonchev–Trinajstić information content (AvgIpc) is 2.65. The van der Waals surface area contributed by atoms with E-state index < -0.39 is 0 Å². The lowest BCUT2D eigenvalue weighted by atomic mass is 10.1. The molecule has 0 radical (unpaired) electrons. The van der Waals surface area contributed by atoms with E-state index in [1.165, 1.54) is 0 Å². The molecule has 2 aliphatic rings. The predicted octanol–water partition coefficient (Wildman–Crippen LogP) is 4.03. The summed E-state index contributed by atoms with van der Waals surface area (Å²) in [6, 6.07) is 11.8. The molecule has 25 heavy (non-hydrogen) atoms. The van der Waals surface area contributed by atoms with Crippen LogP contribution in [0.1, 0.15) is 18.4 Å². The second-order valence-corrected chi connectivity index (χ2v) is 6.67. The van der Waals surface area contributed by atoms with Gasteiger partial charge in [0.05, 0.1) is 22.1 Å². The maximum Gasteiger partial charge on any atom is 0.145 e. The first-order valence-electron chi connectivity index (χ1n) is 8.44. The maximum absolute atomic E-state index is 6.52. The van der Waals surface area contributed by atoms with Crippen LogP contribution in [0.2, 0.25) is 5.02 Å². The molecule has 2 heterocycles. The van der Waals surface area contributed by atoms with Crippen LogP contribution in [0.15, 0.2) is 41.4 Å². The number of nitrogens with one attached hydrogen (secondary N) is 1. The van der Waals surface area contributed by atoms with Crippen LogP contribution in [0, 0.1) is 0 Å². The molecular formula is C19H20ClN3O2. The molecule has 0 atom stereocenters. The molecule has 1 fully saturated rings. The van der Waals surface area contributed by atoms with Crippen molar-refractivity contribution in [3.63, 3.8) is 0 Å². The number of ether oxygens (including phenoxy) is 2. The van der Waals surface area contributed by atoms with Crippen molar-refractivity contribution in [1.29, 1.82) is 0 Å². The summed E-state index contributed by atoms with van der Waals surface area (Å²) in [7, 11) is 0. The molecule has 4 rings (SSSR count). The number of halogens is 1. The predicted molar refractivity (Wildman–Crippen MR) is 101 cm³/mol. The number of hydrogen-bond donors (Lipinski definition) is 2. The van der Waals surface area contributed by atoms with Crippen LogP contribution in [0.3, 0.4) is 0 Å². The smallest absolute Gasteiger partial charge is 0.145 e. The number of anilines is 2. The van der Waals surface area contributed by atoms with E-state index in [9.17, 15) is 0 Å². The highest BCUT2D eigenvalue weighted by Crippen LogP contribution is 2.34. The summed E-state index contributed by atoms with van der Waals surface area (Å²) >= 11 is 6.52. The van der Waals surface area contributed by atoms with Gasteiger partial charge in [0.15, 0.2) is 0 Å². The molecule has 3 N–H and O–H groups in total. The van der Waals surface area contributed by atoms with Crippen molar-refractivity contribution in [3.8, 4) is 5.75 Å². The van der Waals surface area contributed by atoms with Gasteiger partial charge in [-0.2, -0.15) is 0 Å². The van der Waals surface area contributed by atoms with Crippen molar-refractivity contribution < 1.29 is 9.47 Å². The minimum Gasteiger partial charge on any atom is -0.485 e. The first-order valence-corrected chi connectivity index (χ1v) is 8.81. The van der Waals surface area contributed by atoms with E-state index in [2.05, 4.69) is 10.3 Å². The molecule has 1 saturated heterocycles. The second kappa shape index (κ2) is 6.94. The zero-order valence-corrected chi connectivity index (χ0v) is 14.6. The van der Waals surface area contributed by atoms with Gasteiger partial charge < -0.3 is 20.5 Å². The van der Waals surface area contributed by atoms with Gasteiger partial charge in [-0.25, -0.2) is 4.99 Å². The van der Waals surface area contributed by atoms with Gasteiger partial charge in [-0.15, -0.1) is 0 Å². The first kappa shape index (κ1) is 16.2. The van der Waals surface area contributed by atoms with Crippen molar-refractivity contribution in [2.75, 3.05) is 30.9 Å². The number of para-hydroxylation sites is 2. The molecule has 130 valence electrons. The minimum atomic E-state index is 0.361. The van der Waals surface area contributed by atoms with Gasteiger partial charge in [0.1, 0.15) is 18.0 Å². The summed E-state index contributed by atoms with van der Waals surface area (Å²) < 4.78 is 11.2. The number of rotatable bonds is 3. The summed E-state index contributed by atoms with van der Waals surface area (Å²) in [5.74, 6) is 0.785. The summed E-state index contributed by atoms with van der Waals surface area (Å²) in [4.78, 5) is 4.68. The van der Waals surface area contributed by atoms with Crippen LogP contribution in [0.25, 0.3) is 0 Å². The number of nitrogen functional groups attached to an aromatic ring is 1. The second-order valence-electron chi connectivity index (χ2n) is 6.27. The molecule has 0 saturated carbocycles. The highest BCUT2D eigenvalue weighted by molar-refractivity contribution is 6.35. The van der Waals surface area contributed by atoms with Crippen LogP contribution < -0.4 is 15.8 Å². The van der Waals surface area contributed by atoms with Gasteiger partial charge in [0.25, 0.3) is 0 Å². The quantitative estimate of drug-likeness (QED) is 0.814. The van der Waals surface area contributed by atoms with Gasteiger partial charge in [-0.05, 0) is 37.1 Å². The van der Waals surface area contributed by atoms with Crippen molar-refractivity contribution in [1.82, 2.24) is 0 Å². The van der Waals surface area contributed by atoms with E-state index in [1.807, 2.05) is 36.4 Å². The molecule has 0 amide bonds. The molecule has 5 nitrogen and oxygen atoms in total. The number of aliphatic imine (C=N–C) groups is 1. The van der Waals surface area contributed by atoms with E-state index in [4.69, 9.17) is 26.8 Å². The minimum absolute atomic E-state index is 0.361. The number of nitrogens with two attached hydrogens (primary N) is 1. The van der Waals surface area contributed by atoms with E-state index >= 15 is 0 Å². The van der Waals surface area contributed by atoms with Crippen molar-refractivity contribution in [2.45, 2.75) is 18.9 Å². The van der Waals surface area contributed by atoms with Gasteiger partial charge in [0, 0.05) is 24.8 Å². The molecule has 0 aliphatic carbocycles. The molecule has 0 aromatic heterocycles. The number of fused-ring (bicyclic) bond motifs is 1. The van der Waals surface area contributed by atoms with Crippen LogP contribution in [0.5, 0.6) is 5.75 Å². The Morgan fingerprint density at radius 3 is 2.80 bits per heavy atom. The van der Waals surface area contributed by atoms with Crippen LogP contribution in [-0.2, 0) is 4.74 Å². The Bertz CT molecular complexity index is 816. The Kier molecular flexibility index (Phi) is 4.51. The standard InChI is InChI=1S/C19H20ClN3O2/c20-14-10-17(22-12-5-7-24-8-6-12)15(21)9-13(14)18-11-25-19-4-2-1-3-16(19)23-18/h1-4,9-10,12,22H,5-8,11,21H2. The van der Waals surface area contributed by atoms with Crippen LogP contribution in [-0.4, -0.2) is 31.6 Å². The lowest BCUT2D eigenvalue weighted by Crippen LogP contribution is -2.28. The molecule has 0 unspecified atom stereocenters. The van der Waals surface area contributed by atoms with Gasteiger partial charge in [-0.3, -0.25) is 0 Å². The fourth-order valence-corrected chi connectivity index (χ4v) is 3.40. The van der Waals surface area contributed by atoms with Crippen molar-refractivity contribution in [3.05, 3.63) is 47.0 Å². The Hall–Kier alpha value is -2.24. The maximum atomic E-state index is 6.52. The Morgan fingerprint density at radius 2 is 1.96 bits per heavy atom. The molecule has 0 spiro atoms. The van der Waals surface area contributed by atoms with Crippen LogP contribution >= 0.6 is 11.6 Å². The monoisotopic (exact) mass is 357 g/mol. The Balaban J connectivity index is 1.61. The summed E-state index contributed by atoms with van der Waals surface area (Å²) in [6.45, 7) is 1.93. The van der Waals surface area contributed by atoms with E-state index in [0.717, 1.165) is 54.5 Å². The highest BCUT2D eigenvalue weighted by Gasteiger charge is 2.19. The molecular weight excluding hydrogens is 338 g/mol. The number of nitrogens with zero attached hydrogens (tertiary/aromatic N) is 1. The Labute approximate surface area is 151 Å². The summed E-state index contributed by atoms with van der Waals surface area (Å²) in [6.07, 6.45) is 1.94. The zero-order chi connectivity index (χ0) is 17.2. The van der Waals surface area contributed by atoms with Crippen molar-refractivity contribution >= 4 is 34.4 Å². The Morgan fingerprint density at radius 1 is 1.16 bits per heavy atom. The number of hydrogen-bond acceptors (Lipinski definition) is 5. The lowest BCUT2D eigenvalue weighted by molar-refractivity contribution is 0.0904. The normalized spacial score (nSPS) is 17.4. The van der Waals surface area contributed by atoms with Gasteiger partial charge in [0.2, 0.25) is 0 Å². The van der Waals surface area contributed by atoms with Gasteiger partial charge in [-0.1, -0.05) is 23.7 Å². The highest BCUT2D eigenvalue weighted by atomic mass is 35.5. The molecule has 0 bridgehead atoms. The third-order valence-electron chi connectivity index (χ3n) is 4.52. The van der Waals surface area contributed by atoms with Crippen LogP contribution in [0.4, 0.5) is 17.1 Å². The average molecular weight is 358 g/mol. The fourth-order valence-electron chi connectivity index (χ4n) is 3.13. The summed E-state index contributed by atoms with van der Waals surface area (Å²) in [5, 5.41) is 4.09. The first-order chi connectivity index (χ1) is 12.2. The molecule has 6 heteroatoms. The molecule has 2 aromatic carbocycles. The topological polar surface area (TPSA) is 68.9 Å². The van der Waals surface area contributed by atoms with E-state index in [0.29, 0.717) is 23.4 Å². The fraction of sp³-hybridized carbons (Fsp3) is 0.316. The third-order valence-corrected chi connectivity index (χ3v) is 4.83. The third kappa shape index (κ3) is 3.43. The molecule has 2 aromatic rings. The number of benzene rings is 2. The van der Waals surface area contributed by atoms with E-state index in [-0.39, 0.29) is 0 Å². The van der Waals surface area contributed by atoms with E-state index in [1.54, 1.807) is 0 Å². The SMILES string of the molecule is Nc1cc(C2=Nc3ccccc3OC2)c(Cl)cc1NC1CCOCC1. The largest absolute Gasteiger partial charge is 0.485 e. The van der Waals surface area contributed by atoms with Gasteiger partial charge >= 0.3 is 0 Å². The molecule has 2 aliphatic heterocycles. The van der Waals surface area contributed by atoms with Crippen molar-refractivity contribution in [2.24, 2.45) is 4.99 Å². The lowest BCUT2D eigenvalue weighted by Gasteiger charge is -2.25. The zero-order valence-electron chi connectivity index (χ0n) is 13.8. The summed E-state index contributed by atoms with van der Waals surface area (Å²) in [5.41, 5.74) is 10.2.